The molecule has 0 aliphatic rings. The van der Waals surface area contributed by atoms with Gasteiger partial charge in [0.25, 0.3) is 0 Å². The number of carbonyl (C=O) groups is 1. The standard InChI is InChI=1S/C9H19NO3S/c1-2-13-9(12)8-10-4-7-14-6-3-5-11/h10-11H,2-8H2,1H3. The highest BCUT2D eigenvalue weighted by molar-refractivity contribution is 7.99. The Morgan fingerprint density at radius 3 is 2.93 bits per heavy atom. The molecule has 0 aliphatic heterocycles. The first kappa shape index (κ1) is 13.7. The molecule has 14 heavy (non-hydrogen) atoms. The van der Waals surface area contributed by atoms with Crippen molar-refractivity contribution in [3.8, 4) is 0 Å². The summed E-state index contributed by atoms with van der Waals surface area (Å²) in [5, 5.41) is 11.5. The van der Waals surface area contributed by atoms with Crippen molar-refractivity contribution in [1.82, 2.24) is 5.32 Å². The zero-order valence-corrected chi connectivity index (χ0v) is 9.44. The predicted molar refractivity (Wildman–Crippen MR) is 58.5 cm³/mol. The summed E-state index contributed by atoms with van der Waals surface area (Å²) < 4.78 is 4.75. The van der Waals surface area contributed by atoms with Crippen LogP contribution in [0.5, 0.6) is 0 Å². The quantitative estimate of drug-likeness (QED) is 0.432. The van der Waals surface area contributed by atoms with E-state index in [0.29, 0.717) is 6.61 Å². The van der Waals surface area contributed by atoms with Crippen LogP contribution in [0.2, 0.25) is 0 Å². The fourth-order valence-corrected chi connectivity index (χ4v) is 1.64. The van der Waals surface area contributed by atoms with Gasteiger partial charge in [-0.1, -0.05) is 0 Å². The summed E-state index contributed by atoms with van der Waals surface area (Å²) in [6.45, 7) is 3.57. The maximum absolute atomic E-state index is 10.9. The van der Waals surface area contributed by atoms with Gasteiger partial charge in [0, 0.05) is 18.9 Å². The number of aliphatic hydroxyl groups excluding tert-OH is 1. The van der Waals surface area contributed by atoms with Crippen molar-refractivity contribution in [3.05, 3.63) is 0 Å². The van der Waals surface area contributed by atoms with E-state index < -0.39 is 0 Å². The Morgan fingerprint density at radius 1 is 1.50 bits per heavy atom. The van der Waals surface area contributed by atoms with E-state index in [4.69, 9.17) is 9.84 Å². The van der Waals surface area contributed by atoms with Gasteiger partial charge in [0.2, 0.25) is 0 Å². The molecule has 0 saturated heterocycles. The first-order valence-corrected chi connectivity index (χ1v) is 6.01. The average molecular weight is 221 g/mol. The van der Waals surface area contributed by atoms with Gasteiger partial charge in [0.05, 0.1) is 13.2 Å². The maximum Gasteiger partial charge on any atom is 0.319 e. The van der Waals surface area contributed by atoms with E-state index in [1.165, 1.54) is 0 Å². The lowest BCUT2D eigenvalue weighted by atomic mass is 10.5. The maximum atomic E-state index is 10.9. The number of hydrogen-bond donors (Lipinski definition) is 2. The van der Waals surface area contributed by atoms with Crippen LogP contribution in [-0.4, -0.2) is 48.9 Å². The molecule has 0 atom stereocenters. The Morgan fingerprint density at radius 2 is 2.29 bits per heavy atom. The lowest BCUT2D eigenvalue weighted by molar-refractivity contribution is -0.141. The monoisotopic (exact) mass is 221 g/mol. The molecule has 2 N–H and O–H groups in total. The third kappa shape index (κ3) is 9.83. The minimum absolute atomic E-state index is 0.201. The van der Waals surface area contributed by atoms with Gasteiger partial charge in [-0.25, -0.2) is 0 Å². The Bertz CT molecular complexity index is 144. The smallest absolute Gasteiger partial charge is 0.319 e. The van der Waals surface area contributed by atoms with Gasteiger partial charge >= 0.3 is 5.97 Å². The van der Waals surface area contributed by atoms with Crippen molar-refractivity contribution in [2.45, 2.75) is 13.3 Å². The number of carbonyl (C=O) groups excluding carboxylic acids is 1. The molecule has 4 nitrogen and oxygen atoms in total. The fraction of sp³-hybridized carbons (Fsp3) is 0.889. The number of thioether (sulfide) groups is 1. The number of ether oxygens (including phenoxy) is 1. The largest absolute Gasteiger partial charge is 0.465 e. The molecule has 0 aliphatic carbocycles. The van der Waals surface area contributed by atoms with Gasteiger partial charge in [-0.05, 0) is 19.1 Å². The molecule has 0 bridgehead atoms. The van der Waals surface area contributed by atoms with E-state index in [1.807, 2.05) is 0 Å². The van der Waals surface area contributed by atoms with E-state index in [-0.39, 0.29) is 19.1 Å². The average Bonchev–Trinajstić information content (AvgIpc) is 2.17. The van der Waals surface area contributed by atoms with Crippen molar-refractivity contribution in [3.63, 3.8) is 0 Å². The Kier molecular flexibility index (Phi) is 10.6. The summed E-state index contributed by atoms with van der Waals surface area (Å²) in [5.74, 6) is 1.73. The third-order valence-corrected chi connectivity index (χ3v) is 2.51. The number of rotatable bonds is 9. The summed E-state index contributed by atoms with van der Waals surface area (Å²) in [6, 6.07) is 0. The molecule has 0 amide bonds. The van der Waals surface area contributed by atoms with Crippen LogP contribution in [0.25, 0.3) is 0 Å². The highest BCUT2D eigenvalue weighted by Gasteiger charge is 1.98. The second-order valence-electron chi connectivity index (χ2n) is 2.67. The van der Waals surface area contributed by atoms with Crippen LogP contribution in [0, 0.1) is 0 Å². The topological polar surface area (TPSA) is 58.6 Å². The molecule has 0 heterocycles. The lowest BCUT2D eigenvalue weighted by Crippen LogP contribution is -2.26. The molecule has 84 valence electrons. The van der Waals surface area contributed by atoms with Crippen molar-refractivity contribution in [1.29, 1.82) is 0 Å². The molecule has 0 rings (SSSR count). The van der Waals surface area contributed by atoms with Crippen LogP contribution < -0.4 is 5.32 Å². The lowest BCUT2D eigenvalue weighted by Gasteiger charge is -2.03. The van der Waals surface area contributed by atoms with Crippen molar-refractivity contribution in [2.24, 2.45) is 0 Å². The van der Waals surface area contributed by atoms with E-state index in [2.05, 4.69) is 5.32 Å². The minimum atomic E-state index is -0.201. The molecular weight excluding hydrogens is 202 g/mol. The molecule has 0 unspecified atom stereocenters. The molecule has 5 heteroatoms. The Labute approximate surface area is 89.4 Å². The third-order valence-electron chi connectivity index (χ3n) is 1.44. The highest BCUT2D eigenvalue weighted by Crippen LogP contribution is 1.99. The van der Waals surface area contributed by atoms with E-state index in [9.17, 15) is 4.79 Å². The van der Waals surface area contributed by atoms with Crippen molar-refractivity contribution < 1.29 is 14.6 Å². The summed E-state index contributed by atoms with van der Waals surface area (Å²) in [6.07, 6.45) is 0.836. The number of hydrogen-bond acceptors (Lipinski definition) is 5. The van der Waals surface area contributed by atoms with Crippen LogP contribution >= 0.6 is 11.8 Å². The summed E-state index contributed by atoms with van der Waals surface area (Å²) in [7, 11) is 0. The molecule has 0 aromatic carbocycles. The predicted octanol–water partition coefficient (Wildman–Crippen LogP) is 0.255. The summed E-state index contributed by atoms with van der Waals surface area (Å²) in [5.41, 5.74) is 0. The van der Waals surface area contributed by atoms with Gasteiger partial charge < -0.3 is 15.2 Å². The van der Waals surface area contributed by atoms with Gasteiger partial charge in [-0.15, -0.1) is 0 Å². The summed E-state index contributed by atoms with van der Waals surface area (Å²) in [4.78, 5) is 10.9. The Hall–Kier alpha value is -0.260. The first-order valence-electron chi connectivity index (χ1n) is 4.86. The second kappa shape index (κ2) is 10.8. The first-order chi connectivity index (χ1) is 6.81. The normalized spacial score (nSPS) is 10.1. The van der Waals surface area contributed by atoms with E-state index in [1.54, 1.807) is 18.7 Å². The van der Waals surface area contributed by atoms with E-state index >= 15 is 0 Å². The number of esters is 1. The summed E-state index contributed by atoms with van der Waals surface area (Å²) >= 11 is 1.77. The molecule has 0 saturated carbocycles. The van der Waals surface area contributed by atoms with Gasteiger partial charge in [0.15, 0.2) is 0 Å². The van der Waals surface area contributed by atoms with Gasteiger partial charge in [-0.3, -0.25) is 4.79 Å². The van der Waals surface area contributed by atoms with Crippen molar-refractivity contribution >= 4 is 17.7 Å². The van der Waals surface area contributed by atoms with Gasteiger partial charge in [0.1, 0.15) is 0 Å². The zero-order chi connectivity index (χ0) is 10.6. The molecule has 0 fully saturated rings. The molecular formula is C9H19NO3S. The molecule has 0 radical (unpaired) electrons. The molecule has 0 aromatic heterocycles. The van der Waals surface area contributed by atoms with Crippen LogP contribution in [0.1, 0.15) is 13.3 Å². The molecule has 0 spiro atoms. The Balaban J connectivity index is 3.01. The minimum Gasteiger partial charge on any atom is -0.465 e. The van der Waals surface area contributed by atoms with Crippen molar-refractivity contribution in [2.75, 3.05) is 37.8 Å². The van der Waals surface area contributed by atoms with Crippen LogP contribution in [0.15, 0.2) is 0 Å². The second-order valence-corrected chi connectivity index (χ2v) is 3.90. The number of aliphatic hydroxyl groups is 1. The van der Waals surface area contributed by atoms with Crippen LogP contribution in [0.4, 0.5) is 0 Å². The molecule has 0 aromatic rings. The number of nitrogens with one attached hydrogen (secondary N) is 1. The SMILES string of the molecule is CCOC(=O)CNCCSCCCO. The van der Waals surface area contributed by atoms with E-state index in [0.717, 1.165) is 24.5 Å². The van der Waals surface area contributed by atoms with Gasteiger partial charge in [-0.2, -0.15) is 11.8 Å². The zero-order valence-electron chi connectivity index (χ0n) is 8.62. The fourth-order valence-electron chi connectivity index (χ4n) is 0.815. The van der Waals surface area contributed by atoms with Crippen LogP contribution in [-0.2, 0) is 9.53 Å². The highest BCUT2D eigenvalue weighted by atomic mass is 32.2. The van der Waals surface area contributed by atoms with Crippen LogP contribution in [0.3, 0.4) is 0 Å².